The maximum Gasteiger partial charge on any atom is 0.269 e. The van der Waals surface area contributed by atoms with E-state index in [0.29, 0.717) is 23.5 Å². The fourth-order valence-electron chi connectivity index (χ4n) is 2.97. The largest absolute Gasteiger partial charge is 0.347 e. The lowest BCUT2D eigenvalue weighted by atomic mass is 10.1. The lowest BCUT2D eigenvalue weighted by molar-refractivity contribution is 0.0900. The van der Waals surface area contributed by atoms with Gasteiger partial charge in [-0.2, -0.15) is 5.10 Å². The molecule has 1 amide bonds. The van der Waals surface area contributed by atoms with Crippen LogP contribution in [0, 0.1) is 11.6 Å². The number of halogens is 2. The smallest absolute Gasteiger partial charge is 0.269 e. The first-order valence-electron chi connectivity index (χ1n) is 8.22. The zero-order valence-corrected chi connectivity index (χ0v) is 13.7. The molecule has 0 unspecified atom stereocenters. The number of carbonyl (C=O) groups is 1. The third-order valence-electron chi connectivity index (χ3n) is 4.33. The number of hydrogen-bond donors (Lipinski definition) is 2. The minimum atomic E-state index is -0.613. The van der Waals surface area contributed by atoms with Crippen molar-refractivity contribution in [2.75, 3.05) is 6.54 Å². The van der Waals surface area contributed by atoms with Crippen molar-refractivity contribution in [2.45, 2.75) is 12.7 Å². The van der Waals surface area contributed by atoms with Crippen LogP contribution in [-0.2, 0) is 6.54 Å². The van der Waals surface area contributed by atoms with Crippen LogP contribution >= 0.6 is 0 Å². The Morgan fingerprint density at radius 1 is 1.15 bits per heavy atom. The molecule has 3 aromatic rings. The van der Waals surface area contributed by atoms with Crippen LogP contribution in [0.1, 0.15) is 22.2 Å². The SMILES string of the molecule is O=C1NC[C@H](NCc2ccc(F)cc2F)n2nc(-c3ccccc3)cc21. The number of rotatable bonds is 4. The normalized spacial score (nSPS) is 16.2. The molecule has 0 radical (unpaired) electrons. The summed E-state index contributed by atoms with van der Waals surface area (Å²) in [6, 6.07) is 14.8. The Bertz CT molecular complexity index is 955. The third kappa shape index (κ3) is 3.09. The van der Waals surface area contributed by atoms with Gasteiger partial charge in [-0.05, 0) is 12.1 Å². The lowest BCUT2D eigenvalue weighted by Crippen LogP contribution is -2.45. The maximum absolute atomic E-state index is 13.8. The van der Waals surface area contributed by atoms with Crippen LogP contribution in [0.5, 0.6) is 0 Å². The minimum Gasteiger partial charge on any atom is -0.347 e. The molecule has 0 spiro atoms. The molecule has 0 bridgehead atoms. The van der Waals surface area contributed by atoms with Gasteiger partial charge in [-0.1, -0.05) is 36.4 Å². The number of carbonyl (C=O) groups excluding carboxylic acids is 1. The van der Waals surface area contributed by atoms with E-state index in [4.69, 9.17) is 0 Å². The average Bonchev–Trinajstić information content (AvgIpc) is 3.10. The Balaban J connectivity index is 1.59. The molecule has 0 fully saturated rings. The Kier molecular flexibility index (Phi) is 4.22. The second-order valence-electron chi connectivity index (χ2n) is 6.07. The van der Waals surface area contributed by atoms with Gasteiger partial charge in [-0.3, -0.25) is 10.1 Å². The molecule has 0 saturated carbocycles. The lowest BCUT2D eigenvalue weighted by Gasteiger charge is -2.25. The van der Waals surface area contributed by atoms with Crippen molar-refractivity contribution in [1.29, 1.82) is 0 Å². The molecule has 0 saturated heterocycles. The second kappa shape index (κ2) is 6.68. The minimum absolute atomic E-state index is 0.187. The van der Waals surface area contributed by atoms with E-state index >= 15 is 0 Å². The van der Waals surface area contributed by atoms with Crippen LogP contribution in [0.25, 0.3) is 11.3 Å². The Labute approximate surface area is 148 Å². The van der Waals surface area contributed by atoms with E-state index in [9.17, 15) is 13.6 Å². The molecule has 1 aliphatic heterocycles. The predicted molar refractivity (Wildman–Crippen MR) is 92.2 cm³/mol. The van der Waals surface area contributed by atoms with Crippen molar-refractivity contribution in [3.05, 3.63) is 77.5 Å². The quantitative estimate of drug-likeness (QED) is 0.757. The molecular weight excluding hydrogens is 338 g/mol. The fourth-order valence-corrected chi connectivity index (χ4v) is 2.97. The highest BCUT2D eigenvalue weighted by Gasteiger charge is 2.27. The van der Waals surface area contributed by atoms with Crippen molar-refractivity contribution >= 4 is 5.91 Å². The third-order valence-corrected chi connectivity index (χ3v) is 4.33. The van der Waals surface area contributed by atoms with Gasteiger partial charge >= 0.3 is 0 Å². The highest BCUT2D eigenvalue weighted by molar-refractivity contribution is 5.94. The number of nitrogens with zero attached hydrogens (tertiary/aromatic N) is 2. The van der Waals surface area contributed by atoms with Gasteiger partial charge in [-0.15, -0.1) is 0 Å². The molecule has 2 N–H and O–H groups in total. The number of amides is 1. The van der Waals surface area contributed by atoms with Gasteiger partial charge in [-0.25, -0.2) is 13.5 Å². The Morgan fingerprint density at radius 3 is 2.73 bits per heavy atom. The van der Waals surface area contributed by atoms with Gasteiger partial charge in [0.25, 0.3) is 5.91 Å². The first-order chi connectivity index (χ1) is 12.6. The summed E-state index contributed by atoms with van der Waals surface area (Å²) >= 11 is 0. The number of aromatic nitrogens is 2. The van der Waals surface area contributed by atoms with Gasteiger partial charge in [0.05, 0.1) is 12.2 Å². The Morgan fingerprint density at radius 2 is 1.96 bits per heavy atom. The highest BCUT2D eigenvalue weighted by atomic mass is 19.1. The number of hydrogen-bond acceptors (Lipinski definition) is 3. The van der Waals surface area contributed by atoms with Crippen molar-refractivity contribution in [3.63, 3.8) is 0 Å². The van der Waals surface area contributed by atoms with Crippen LogP contribution in [0.15, 0.2) is 54.6 Å². The predicted octanol–water partition coefficient (Wildman–Crippen LogP) is 2.86. The van der Waals surface area contributed by atoms with Crippen LogP contribution < -0.4 is 10.6 Å². The van der Waals surface area contributed by atoms with Gasteiger partial charge in [0, 0.05) is 23.7 Å². The molecule has 26 heavy (non-hydrogen) atoms. The summed E-state index contributed by atoms with van der Waals surface area (Å²) < 4.78 is 28.5. The van der Waals surface area contributed by atoms with Gasteiger partial charge < -0.3 is 5.32 Å². The standard InChI is InChI=1S/C19H16F2N4O/c20-14-7-6-13(15(21)8-14)10-22-18-11-23-19(26)17-9-16(24-25(17)18)12-4-2-1-3-5-12/h1-9,18,22H,10-11H2,(H,23,26)/t18-/m1/s1. The molecule has 1 aromatic heterocycles. The fraction of sp³-hybridized carbons (Fsp3) is 0.158. The number of benzene rings is 2. The van der Waals surface area contributed by atoms with Crippen molar-refractivity contribution in [2.24, 2.45) is 0 Å². The van der Waals surface area contributed by atoms with Crippen molar-refractivity contribution in [3.8, 4) is 11.3 Å². The summed E-state index contributed by atoms with van der Waals surface area (Å²) in [7, 11) is 0. The summed E-state index contributed by atoms with van der Waals surface area (Å²) in [5, 5.41) is 10.5. The number of fused-ring (bicyclic) bond motifs is 1. The molecule has 1 atom stereocenters. The van der Waals surface area contributed by atoms with Gasteiger partial charge in [0.15, 0.2) is 0 Å². The molecule has 1 aliphatic rings. The van der Waals surface area contributed by atoms with Crippen LogP contribution in [-0.4, -0.2) is 22.2 Å². The molecular formula is C19H16F2N4O. The van der Waals surface area contributed by atoms with Crippen LogP contribution in [0.3, 0.4) is 0 Å². The van der Waals surface area contributed by atoms with Crippen molar-refractivity contribution in [1.82, 2.24) is 20.4 Å². The van der Waals surface area contributed by atoms with E-state index in [0.717, 1.165) is 11.6 Å². The molecule has 132 valence electrons. The van der Waals surface area contributed by atoms with E-state index in [-0.39, 0.29) is 18.6 Å². The summed E-state index contributed by atoms with van der Waals surface area (Å²) in [6.45, 7) is 0.511. The Hall–Kier alpha value is -3.06. The van der Waals surface area contributed by atoms with E-state index in [1.54, 1.807) is 10.7 Å². The highest BCUT2D eigenvalue weighted by Crippen LogP contribution is 2.23. The molecule has 2 aromatic carbocycles. The molecule has 5 nitrogen and oxygen atoms in total. The first-order valence-corrected chi connectivity index (χ1v) is 8.22. The molecule has 0 aliphatic carbocycles. The summed E-state index contributed by atoms with van der Waals surface area (Å²) in [6.07, 6.45) is -0.329. The van der Waals surface area contributed by atoms with E-state index in [1.807, 2.05) is 30.3 Å². The van der Waals surface area contributed by atoms with E-state index < -0.39 is 11.6 Å². The molecule has 7 heteroatoms. The number of nitrogens with one attached hydrogen (secondary N) is 2. The summed E-state index contributed by atoms with van der Waals surface area (Å²) in [5.74, 6) is -1.42. The zero-order valence-electron chi connectivity index (χ0n) is 13.7. The maximum atomic E-state index is 13.8. The topological polar surface area (TPSA) is 59.0 Å². The average molecular weight is 354 g/mol. The van der Waals surface area contributed by atoms with E-state index in [2.05, 4.69) is 15.7 Å². The van der Waals surface area contributed by atoms with E-state index in [1.165, 1.54) is 12.1 Å². The molecule has 4 rings (SSSR count). The molecule has 2 heterocycles. The van der Waals surface area contributed by atoms with Crippen LogP contribution in [0.4, 0.5) is 8.78 Å². The zero-order chi connectivity index (χ0) is 18.1. The summed E-state index contributed by atoms with van der Waals surface area (Å²) in [5.41, 5.74) is 2.38. The van der Waals surface area contributed by atoms with Gasteiger partial charge in [0.2, 0.25) is 0 Å². The van der Waals surface area contributed by atoms with Gasteiger partial charge in [0.1, 0.15) is 23.5 Å². The second-order valence-corrected chi connectivity index (χ2v) is 6.07. The monoisotopic (exact) mass is 354 g/mol. The van der Waals surface area contributed by atoms with Crippen molar-refractivity contribution < 1.29 is 13.6 Å². The van der Waals surface area contributed by atoms with Crippen LogP contribution in [0.2, 0.25) is 0 Å². The summed E-state index contributed by atoms with van der Waals surface area (Å²) in [4.78, 5) is 12.1. The first kappa shape index (κ1) is 16.4.